The van der Waals surface area contributed by atoms with Crippen LogP contribution in [0.3, 0.4) is 0 Å². The van der Waals surface area contributed by atoms with Crippen molar-refractivity contribution in [1.82, 2.24) is 5.32 Å². The van der Waals surface area contributed by atoms with E-state index in [1.54, 1.807) is 6.07 Å². The highest BCUT2D eigenvalue weighted by Crippen LogP contribution is 2.21. The third-order valence-corrected chi connectivity index (χ3v) is 3.58. The van der Waals surface area contributed by atoms with Crippen LogP contribution in [0.1, 0.15) is 32.4 Å². The van der Waals surface area contributed by atoms with Crippen molar-refractivity contribution in [3.63, 3.8) is 0 Å². The number of aliphatic hydroxyl groups excluding tert-OH is 1. The fraction of sp³-hybridized carbons (Fsp3) is 0.538. The minimum atomic E-state index is -0.219. The van der Waals surface area contributed by atoms with E-state index in [-0.39, 0.29) is 30.4 Å². The number of benzene rings is 1. The predicted octanol–water partition coefficient (Wildman–Crippen LogP) is 3.26. The molecule has 0 spiro atoms. The second-order valence-electron chi connectivity index (χ2n) is 4.50. The molecule has 1 rings (SSSR count). The highest BCUT2D eigenvalue weighted by Gasteiger charge is 2.17. The zero-order valence-corrected chi connectivity index (χ0v) is 12.0. The van der Waals surface area contributed by atoms with Crippen molar-refractivity contribution in [3.05, 3.63) is 34.1 Å². The lowest BCUT2D eigenvalue weighted by Crippen LogP contribution is -2.35. The van der Waals surface area contributed by atoms with E-state index < -0.39 is 0 Å². The summed E-state index contributed by atoms with van der Waals surface area (Å²) in [5.74, 6) is -0.0702. The van der Waals surface area contributed by atoms with Crippen molar-refractivity contribution < 1.29 is 9.50 Å². The molecular formula is C13H19BrFNO. The number of hydrogen-bond donors (Lipinski definition) is 2. The van der Waals surface area contributed by atoms with Crippen LogP contribution in [-0.2, 0) is 0 Å². The van der Waals surface area contributed by atoms with Crippen LogP contribution in [0.25, 0.3) is 0 Å². The van der Waals surface area contributed by atoms with Gasteiger partial charge in [-0.15, -0.1) is 0 Å². The van der Waals surface area contributed by atoms with Crippen molar-refractivity contribution in [2.75, 3.05) is 6.61 Å². The van der Waals surface area contributed by atoms with Gasteiger partial charge < -0.3 is 10.4 Å². The number of hydrogen-bond acceptors (Lipinski definition) is 2. The molecule has 3 atom stereocenters. The smallest absolute Gasteiger partial charge is 0.129 e. The average Bonchev–Trinajstić information content (AvgIpc) is 2.27. The first-order chi connectivity index (χ1) is 7.95. The first-order valence-corrected chi connectivity index (χ1v) is 6.56. The van der Waals surface area contributed by atoms with Gasteiger partial charge in [0.15, 0.2) is 0 Å². The lowest BCUT2D eigenvalue weighted by atomic mass is 10.0. The third kappa shape index (κ3) is 4.05. The van der Waals surface area contributed by atoms with Crippen LogP contribution < -0.4 is 5.32 Å². The average molecular weight is 304 g/mol. The zero-order chi connectivity index (χ0) is 13.0. The minimum Gasteiger partial charge on any atom is -0.396 e. The van der Waals surface area contributed by atoms with Gasteiger partial charge in [0.25, 0.3) is 0 Å². The molecule has 0 heterocycles. The molecule has 0 bridgehead atoms. The summed E-state index contributed by atoms with van der Waals surface area (Å²) >= 11 is 3.24. The van der Waals surface area contributed by atoms with Crippen LogP contribution in [0, 0.1) is 11.7 Å². The highest BCUT2D eigenvalue weighted by molar-refractivity contribution is 9.10. The fourth-order valence-corrected chi connectivity index (χ4v) is 1.99. The number of aliphatic hydroxyl groups is 1. The van der Waals surface area contributed by atoms with Gasteiger partial charge in [-0.2, -0.15) is 0 Å². The fourth-order valence-electron chi connectivity index (χ4n) is 1.66. The van der Waals surface area contributed by atoms with Crippen LogP contribution in [0.15, 0.2) is 22.7 Å². The molecule has 4 heteroatoms. The summed E-state index contributed by atoms with van der Waals surface area (Å²) in [6.07, 6.45) is 0. The van der Waals surface area contributed by atoms with E-state index in [0.717, 1.165) is 4.47 Å². The monoisotopic (exact) mass is 303 g/mol. The molecule has 0 radical (unpaired) electrons. The van der Waals surface area contributed by atoms with Crippen LogP contribution >= 0.6 is 15.9 Å². The van der Waals surface area contributed by atoms with Gasteiger partial charge in [-0.3, -0.25) is 0 Å². The standard InChI is InChI=1S/C13H19BrFNO/c1-8(7-17)9(2)16-10(3)12-5-4-11(14)6-13(12)15/h4-6,8-10,16-17H,7H2,1-3H3. The quantitative estimate of drug-likeness (QED) is 0.875. The summed E-state index contributed by atoms with van der Waals surface area (Å²) in [5, 5.41) is 12.4. The molecule has 0 saturated carbocycles. The molecular weight excluding hydrogens is 285 g/mol. The lowest BCUT2D eigenvalue weighted by molar-refractivity contribution is 0.202. The molecule has 1 aromatic rings. The van der Waals surface area contributed by atoms with Crippen molar-refractivity contribution >= 4 is 15.9 Å². The van der Waals surface area contributed by atoms with E-state index in [9.17, 15) is 4.39 Å². The molecule has 0 aliphatic heterocycles. The van der Waals surface area contributed by atoms with Gasteiger partial charge in [-0.25, -0.2) is 4.39 Å². The molecule has 1 aromatic carbocycles. The second-order valence-corrected chi connectivity index (χ2v) is 5.42. The van der Waals surface area contributed by atoms with Gasteiger partial charge in [-0.05, 0) is 31.9 Å². The Hall–Kier alpha value is -0.450. The molecule has 2 nitrogen and oxygen atoms in total. The van der Waals surface area contributed by atoms with E-state index >= 15 is 0 Å². The highest BCUT2D eigenvalue weighted by atomic mass is 79.9. The van der Waals surface area contributed by atoms with Gasteiger partial charge in [0.2, 0.25) is 0 Å². The number of halogens is 2. The Bertz CT molecular complexity index is 372. The Morgan fingerprint density at radius 3 is 2.53 bits per heavy atom. The molecule has 96 valence electrons. The maximum Gasteiger partial charge on any atom is 0.129 e. The second kappa shape index (κ2) is 6.47. The van der Waals surface area contributed by atoms with Gasteiger partial charge in [0.05, 0.1) is 0 Å². The summed E-state index contributed by atoms with van der Waals surface area (Å²) in [5.41, 5.74) is 0.644. The Balaban J connectivity index is 2.72. The largest absolute Gasteiger partial charge is 0.396 e. The third-order valence-electron chi connectivity index (χ3n) is 3.08. The van der Waals surface area contributed by atoms with E-state index in [2.05, 4.69) is 21.2 Å². The van der Waals surface area contributed by atoms with Crippen LogP contribution in [0.4, 0.5) is 4.39 Å². The molecule has 0 fully saturated rings. The van der Waals surface area contributed by atoms with Crippen molar-refractivity contribution in [3.8, 4) is 0 Å². The van der Waals surface area contributed by atoms with Gasteiger partial charge in [0, 0.05) is 28.7 Å². The van der Waals surface area contributed by atoms with E-state index in [1.807, 2.05) is 26.8 Å². The minimum absolute atomic E-state index is 0.0768. The van der Waals surface area contributed by atoms with E-state index in [0.29, 0.717) is 5.56 Å². The van der Waals surface area contributed by atoms with Gasteiger partial charge >= 0.3 is 0 Å². The maximum absolute atomic E-state index is 13.7. The van der Waals surface area contributed by atoms with E-state index in [1.165, 1.54) is 6.07 Å². The topological polar surface area (TPSA) is 32.3 Å². The van der Waals surface area contributed by atoms with E-state index in [4.69, 9.17) is 5.11 Å². The van der Waals surface area contributed by atoms with Crippen LogP contribution in [0.5, 0.6) is 0 Å². The SMILES string of the molecule is CC(NC(C)C(C)CO)c1ccc(Br)cc1F. The molecule has 0 aliphatic carbocycles. The first kappa shape index (κ1) is 14.6. The molecule has 0 aromatic heterocycles. The summed E-state index contributed by atoms with van der Waals surface area (Å²) < 4.78 is 14.5. The molecule has 17 heavy (non-hydrogen) atoms. The van der Waals surface area contributed by atoms with Crippen molar-refractivity contribution in [2.24, 2.45) is 5.92 Å². The van der Waals surface area contributed by atoms with Crippen LogP contribution in [0.2, 0.25) is 0 Å². The summed E-state index contributed by atoms with van der Waals surface area (Å²) in [6, 6.07) is 5.13. The Kier molecular flexibility index (Phi) is 5.56. The Morgan fingerprint density at radius 2 is 2.00 bits per heavy atom. The molecule has 0 saturated heterocycles. The molecule has 3 unspecified atom stereocenters. The summed E-state index contributed by atoms with van der Waals surface area (Å²) in [4.78, 5) is 0. The summed E-state index contributed by atoms with van der Waals surface area (Å²) in [7, 11) is 0. The van der Waals surface area contributed by atoms with Crippen molar-refractivity contribution in [2.45, 2.75) is 32.9 Å². The lowest BCUT2D eigenvalue weighted by Gasteiger charge is -2.24. The molecule has 0 aliphatic rings. The maximum atomic E-state index is 13.7. The molecule has 2 N–H and O–H groups in total. The van der Waals surface area contributed by atoms with Gasteiger partial charge in [0.1, 0.15) is 5.82 Å². The van der Waals surface area contributed by atoms with Crippen molar-refractivity contribution in [1.29, 1.82) is 0 Å². The normalized spacial score (nSPS) is 16.6. The summed E-state index contributed by atoms with van der Waals surface area (Å²) in [6.45, 7) is 6.01. The van der Waals surface area contributed by atoms with Crippen LogP contribution in [-0.4, -0.2) is 17.8 Å². The Morgan fingerprint density at radius 1 is 1.35 bits per heavy atom. The number of nitrogens with one attached hydrogen (secondary N) is 1. The first-order valence-electron chi connectivity index (χ1n) is 5.77. The predicted molar refractivity (Wildman–Crippen MR) is 71.4 cm³/mol. The number of rotatable bonds is 5. The molecule has 0 amide bonds. The van der Waals surface area contributed by atoms with Gasteiger partial charge in [-0.1, -0.05) is 28.9 Å². The zero-order valence-electron chi connectivity index (χ0n) is 10.4. The Labute approximate surface area is 110 Å².